The summed E-state index contributed by atoms with van der Waals surface area (Å²) in [5.74, 6) is 0. The maximum absolute atomic E-state index is 6.46. The van der Waals surface area contributed by atoms with Crippen molar-refractivity contribution in [1.29, 1.82) is 0 Å². The molecule has 18 heavy (non-hydrogen) atoms. The molecular weight excluding hydrogens is 220 g/mol. The molecule has 2 aliphatic rings. The third-order valence-electron chi connectivity index (χ3n) is 4.93. The van der Waals surface area contributed by atoms with E-state index in [0.29, 0.717) is 6.04 Å². The summed E-state index contributed by atoms with van der Waals surface area (Å²) in [7, 11) is 2.28. The molecule has 1 aromatic rings. The highest BCUT2D eigenvalue weighted by Gasteiger charge is 2.35. The molecule has 1 fully saturated rings. The van der Waals surface area contributed by atoms with Gasteiger partial charge in [-0.15, -0.1) is 0 Å². The first-order chi connectivity index (χ1) is 8.77. The summed E-state index contributed by atoms with van der Waals surface area (Å²) < 4.78 is 0. The lowest BCUT2D eigenvalue weighted by molar-refractivity contribution is 0.126. The molecule has 2 N–H and O–H groups in total. The second-order valence-corrected chi connectivity index (χ2v) is 5.95. The minimum Gasteiger partial charge on any atom is -0.323 e. The number of hydrogen-bond acceptors (Lipinski definition) is 2. The minimum atomic E-state index is 0.202. The van der Waals surface area contributed by atoms with Crippen LogP contribution in [0.5, 0.6) is 0 Å². The molecule has 0 spiro atoms. The number of fused-ring (bicyclic) bond motifs is 1. The molecule has 2 nitrogen and oxygen atoms in total. The maximum Gasteiger partial charge on any atom is 0.0459 e. The summed E-state index contributed by atoms with van der Waals surface area (Å²) >= 11 is 0. The zero-order valence-electron chi connectivity index (χ0n) is 11.3. The molecule has 0 aromatic heterocycles. The van der Waals surface area contributed by atoms with Gasteiger partial charge in [0.15, 0.2) is 0 Å². The molecule has 0 heterocycles. The van der Waals surface area contributed by atoms with E-state index in [-0.39, 0.29) is 6.04 Å². The number of likely N-dealkylation sites (N-methyl/N-ethyl adjacent to an activating group) is 1. The maximum atomic E-state index is 6.46. The first-order valence-corrected chi connectivity index (χ1v) is 7.32. The molecule has 0 aliphatic heterocycles. The van der Waals surface area contributed by atoms with Gasteiger partial charge in [0.05, 0.1) is 0 Å². The smallest absolute Gasteiger partial charge is 0.0459 e. The van der Waals surface area contributed by atoms with Crippen LogP contribution in [0, 0.1) is 0 Å². The molecule has 0 saturated heterocycles. The highest BCUT2D eigenvalue weighted by Crippen LogP contribution is 2.35. The van der Waals surface area contributed by atoms with Crippen molar-refractivity contribution in [1.82, 2.24) is 4.90 Å². The Kier molecular flexibility index (Phi) is 3.40. The molecule has 2 unspecified atom stereocenters. The number of benzene rings is 1. The standard InChI is InChI=1S/C16H24N2/c1-18(13-8-3-2-4-9-13)15-11-12-7-5-6-10-14(12)16(15)17/h5-7,10,13,15-16H,2-4,8-9,11,17H2,1H3. The summed E-state index contributed by atoms with van der Waals surface area (Å²) in [6.45, 7) is 0. The van der Waals surface area contributed by atoms with Crippen LogP contribution in [0.15, 0.2) is 24.3 Å². The lowest BCUT2D eigenvalue weighted by atomic mass is 9.92. The van der Waals surface area contributed by atoms with Crippen LogP contribution in [0.4, 0.5) is 0 Å². The van der Waals surface area contributed by atoms with Crippen molar-refractivity contribution in [2.75, 3.05) is 7.05 Å². The van der Waals surface area contributed by atoms with Crippen molar-refractivity contribution in [2.24, 2.45) is 5.73 Å². The van der Waals surface area contributed by atoms with E-state index in [4.69, 9.17) is 5.73 Å². The zero-order valence-corrected chi connectivity index (χ0v) is 11.3. The Balaban J connectivity index is 1.74. The number of nitrogens with two attached hydrogens (primary N) is 1. The van der Waals surface area contributed by atoms with Gasteiger partial charge >= 0.3 is 0 Å². The Morgan fingerprint density at radius 1 is 1.11 bits per heavy atom. The van der Waals surface area contributed by atoms with Crippen LogP contribution in [0.1, 0.15) is 49.3 Å². The van der Waals surface area contributed by atoms with Gasteiger partial charge in [-0.1, -0.05) is 43.5 Å². The molecule has 1 aromatic carbocycles. The summed E-state index contributed by atoms with van der Waals surface area (Å²) in [5.41, 5.74) is 9.28. The van der Waals surface area contributed by atoms with E-state index >= 15 is 0 Å². The van der Waals surface area contributed by atoms with Crippen molar-refractivity contribution < 1.29 is 0 Å². The highest BCUT2D eigenvalue weighted by molar-refractivity contribution is 5.36. The van der Waals surface area contributed by atoms with Crippen LogP contribution in [0.3, 0.4) is 0 Å². The average molecular weight is 244 g/mol. The van der Waals surface area contributed by atoms with E-state index in [1.54, 1.807) is 0 Å². The minimum absolute atomic E-state index is 0.202. The number of nitrogens with zero attached hydrogens (tertiary/aromatic N) is 1. The largest absolute Gasteiger partial charge is 0.323 e. The molecular formula is C16H24N2. The van der Waals surface area contributed by atoms with E-state index in [1.165, 1.54) is 43.2 Å². The third-order valence-corrected chi connectivity index (χ3v) is 4.93. The lowest BCUT2D eigenvalue weighted by Gasteiger charge is -2.37. The number of hydrogen-bond donors (Lipinski definition) is 1. The van der Waals surface area contributed by atoms with Gasteiger partial charge in [-0.2, -0.15) is 0 Å². The topological polar surface area (TPSA) is 29.3 Å². The van der Waals surface area contributed by atoms with Crippen LogP contribution in [0.2, 0.25) is 0 Å². The Hall–Kier alpha value is -0.860. The molecule has 2 aliphatic carbocycles. The van der Waals surface area contributed by atoms with E-state index in [1.807, 2.05) is 0 Å². The van der Waals surface area contributed by atoms with Crippen LogP contribution >= 0.6 is 0 Å². The van der Waals surface area contributed by atoms with Gasteiger partial charge in [0.1, 0.15) is 0 Å². The number of rotatable bonds is 2. The average Bonchev–Trinajstić information content (AvgIpc) is 2.77. The summed E-state index contributed by atoms with van der Waals surface area (Å²) in [4.78, 5) is 2.57. The fourth-order valence-electron chi connectivity index (χ4n) is 3.76. The van der Waals surface area contributed by atoms with Gasteiger partial charge in [0.25, 0.3) is 0 Å². The first kappa shape index (κ1) is 12.2. The molecule has 0 radical (unpaired) electrons. The highest BCUT2D eigenvalue weighted by atomic mass is 15.2. The molecule has 2 atom stereocenters. The van der Waals surface area contributed by atoms with Crippen molar-refractivity contribution >= 4 is 0 Å². The molecule has 0 bridgehead atoms. The van der Waals surface area contributed by atoms with Crippen LogP contribution in [0.25, 0.3) is 0 Å². The SMILES string of the molecule is CN(C1CCCCC1)C1Cc2ccccc2C1N. The Labute approximate surface area is 110 Å². The molecule has 1 saturated carbocycles. The summed E-state index contributed by atoms with van der Waals surface area (Å²) in [6.07, 6.45) is 8.05. The van der Waals surface area contributed by atoms with Gasteiger partial charge in [-0.05, 0) is 37.4 Å². The van der Waals surface area contributed by atoms with Crippen molar-refractivity contribution in [2.45, 2.75) is 56.7 Å². The van der Waals surface area contributed by atoms with Gasteiger partial charge < -0.3 is 5.73 Å². The fraction of sp³-hybridized carbons (Fsp3) is 0.625. The van der Waals surface area contributed by atoms with Crippen molar-refractivity contribution in [3.8, 4) is 0 Å². The molecule has 0 amide bonds. The molecule has 3 rings (SSSR count). The van der Waals surface area contributed by atoms with Crippen LogP contribution in [-0.2, 0) is 6.42 Å². The van der Waals surface area contributed by atoms with Gasteiger partial charge in [0, 0.05) is 18.1 Å². The predicted octanol–water partition coefficient (Wildman–Crippen LogP) is 2.88. The van der Waals surface area contributed by atoms with Crippen molar-refractivity contribution in [3.63, 3.8) is 0 Å². The quantitative estimate of drug-likeness (QED) is 0.867. The van der Waals surface area contributed by atoms with Gasteiger partial charge in [-0.25, -0.2) is 0 Å². The second-order valence-electron chi connectivity index (χ2n) is 5.95. The van der Waals surface area contributed by atoms with E-state index in [0.717, 1.165) is 12.5 Å². The molecule has 98 valence electrons. The fourth-order valence-corrected chi connectivity index (χ4v) is 3.76. The Morgan fingerprint density at radius 2 is 1.83 bits per heavy atom. The summed E-state index contributed by atoms with van der Waals surface area (Å²) in [6, 6.07) is 10.2. The lowest BCUT2D eigenvalue weighted by Crippen LogP contribution is -2.45. The van der Waals surface area contributed by atoms with Gasteiger partial charge in [-0.3, -0.25) is 4.90 Å². The van der Waals surface area contributed by atoms with Crippen LogP contribution in [-0.4, -0.2) is 24.0 Å². The van der Waals surface area contributed by atoms with Crippen LogP contribution < -0.4 is 5.73 Å². The van der Waals surface area contributed by atoms with E-state index < -0.39 is 0 Å². The second kappa shape index (κ2) is 5.02. The van der Waals surface area contributed by atoms with Gasteiger partial charge in [0.2, 0.25) is 0 Å². The summed E-state index contributed by atoms with van der Waals surface area (Å²) in [5, 5.41) is 0. The normalized spacial score (nSPS) is 28.6. The van der Waals surface area contributed by atoms with E-state index in [9.17, 15) is 0 Å². The predicted molar refractivity (Wildman–Crippen MR) is 75.5 cm³/mol. The Bertz CT molecular complexity index is 409. The Morgan fingerprint density at radius 3 is 2.56 bits per heavy atom. The van der Waals surface area contributed by atoms with E-state index in [2.05, 4.69) is 36.2 Å². The zero-order chi connectivity index (χ0) is 12.5. The monoisotopic (exact) mass is 244 g/mol. The molecule has 2 heteroatoms. The van der Waals surface area contributed by atoms with Crippen molar-refractivity contribution in [3.05, 3.63) is 35.4 Å². The third kappa shape index (κ3) is 2.08. The first-order valence-electron chi connectivity index (χ1n) is 7.32.